The van der Waals surface area contributed by atoms with Gasteiger partial charge in [0.2, 0.25) is 5.71 Å². The van der Waals surface area contributed by atoms with Gasteiger partial charge in [0, 0.05) is 11.5 Å². The van der Waals surface area contributed by atoms with Gasteiger partial charge in [-0.15, -0.1) is 11.6 Å². The summed E-state index contributed by atoms with van der Waals surface area (Å²) in [7, 11) is 3.13. The average Bonchev–Trinajstić information content (AvgIpc) is 3.03. The first-order valence-corrected chi connectivity index (χ1v) is 8.15. The zero-order valence-electron chi connectivity index (χ0n) is 14.5. The Morgan fingerprint density at radius 1 is 1.20 bits per heavy atom. The molecule has 1 aromatic carbocycles. The van der Waals surface area contributed by atoms with Gasteiger partial charge in [0.05, 0.1) is 36.3 Å². The molecule has 2 aromatic heterocycles. The van der Waals surface area contributed by atoms with E-state index in [1.54, 1.807) is 52.5 Å². The van der Waals surface area contributed by atoms with Gasteiger partial charge in [0.15, 0.2) is 11.5 Å². The Morgan fingerprint density at radius 3 is 2.60 bits per heavy atom. The van der Waals surface area contributed by atoms with Crippen molar-refractivity contribution in [3.8, 4) is 17.2 Å². The first kappa shape index (κ1) is 17.6. The highest BCUT2D eigenvalue weighted by Gasteiger charge is 2.26. The van der Waals surface area contributed by atoms with Crippen molar-refractivity contribution < 1.29 is 23.7 Å². The number of furan rings is 1. The molecule has 0 aliphatic heterocycles. The summed E-state index contributed by atoms with van der Waals surface area (Å²) in [4.78, 5) is 3.68. The molecule has 3 aromatic rings. The third-order valence-corrected chi connectivity index (χ3v) is 4.28. The normalized spacial score (nSPS) is 13.2. The van der Waals surface area contributed by atoms with Gasteiger partial charge in [0.1, 0.15) is 18.5 Å². The summed E-state index contributed by atoms with van der Waals surface area (Å²) in [6.45, 7) is 3.48. The Balaban J connectivity index is 2.07. The summed E-state index contributed by atoms with van der Waals surface area (Å²) in [5, 5.41) is 11.6. The maximum atomic E-state index is 10.1. The van der Waals surface area contributed by atoms with E-state index in [4.69, 9.17) is 30.2 Å². The van der Waals surface area contributed by atoms with E-state index >= 15 is 0 Å². The zero-order valence-corrected chi connectivity index (χ0v) is 15.3. The molecule has 3 rings (SSSR count). The molecule has 1 N–H and O–H groups in total. The molecule has 25 heavy (non-hydrogen) atoms. The van der Waals surface area contributed by atoms with E-state index in [2.05, 4.69) is 4.98 Å². The first-order chi connectivity index (χ1) is 11.8. The monoisotopic (exact) mass is 365 g/mol. The van der Waals surface area contributed by atoms with Crippen molar-refractivity contribution in [3.05, 3.63) is 24.5 Å². The fourth-order valence-electron chi connectivity index (χ4n) is 2.50. The second-order valence-electron chi connectivity index (χ2n) is 6.20. The van der Waals surface area contributed by atoms with Crippen LogP contribution in [0.25, 0.3) is 22.0 Å². The van der Waals surface area contributed by atoms with Crippen molar-refractivity contribution in [2.75, 3.05) is 20.8 Å². The molecule has 0 fully saturated rings. The van der Waals surface area contributed by atoms with Crippen LogP contribution in [-0.2, 0) is 0 Å². The molecule has 7 heteroatoms. The molecule has 0 aliphatic carbocycles. The molecule has 134 valence electrons. The number of pyridine rings is 1. The molecule has 0 saturated heterocycles. The summed E-state index contributed by atoms with van der Waals surface area (Å²) in [6.07, 6.45) is 0.720. The third kappa shape index (κ3) is 3.32. The average molecular weight is 366 g/mol. The third-order valence-electron chi connectivity index (χ3n) is 4.03. The van der Waals surface area contributed by atoms with Gasteiger partial charge in [-0.3, -0.25) is 0 Å². The van der Waals surface area contributed by atoms with Gasteiger partial charge in [-0.05, 0) is 26.0 Å². The van der Waals surface area contributed by atoms with Gasteiger partial charge in [0.25, 0.3) is 0 Å². The highest BCUT2D eigenvalue weighted by Crippen LogP contribution is 2.39. The number of benzene rings is 1. The predicted molar refractivity (Wildman–Crippen MR) is 96.1 cm³/mol. The SMILES string of the molecule is COc1cc2nc3occc3c(OC)c2cc1OCC(O)C(C)(C)Cl. The lowest BCUT2D eigenvalue weighted by Gasteiger charge is -2.24. The fraction of sp³-hybridized carbons (Fsp3) is 0.389. The van der Waals surface area contributed by atoms with E-state index in [1.165, 1.54) is 0 Å². The Morgan fingerprint density at radius 2 is 1.96 bits per heavy atom. The van der Waals surface area contributed by atoms with E-state index in [0.717, 1.165) is 10.8 Å². The highest BCUT2D eigenvalue weighted by atomic mass is 35.5. The van der Waals surface area contributed by atoms with E-state index in [0.29, 0.717) is 28.5 Å². The van der Waals surface area contributed by atoms with Crippen LogP contribution in [0.15, 0.2) is 28.9 Å². The van der Waals surface area contributed by atoms with Gasteiger partial charge in [-0.2, -0.15) is 0 Å². The molecule has 6 nitrogen and oxygen atoms in total. The molecule has 1 atom stereocenters. The van der Waals surface area contributed by atoms with Crippen LogP contribution in [0.4, 0.5) is 0 Å². The molecule has 0 amide bonds. The number of rotatable bonds is 6. The highest BCUT2D eigenvalue weighted by molar-refractivity contribution is 6.23. The Bertz CT molecular complexity index is 900. The smallest absolute Gasteiger partial charge is 0.230 e. The number of alkyl halides is 1. The minimum absolute atomic E-state index is 0.0298. The van der Waals surface area contributed by atoms with Crippen molar-refractivity contribution in [2.24, 2.45) is 0 Å². The quantitative estimate of drug-likeness (QED) is 0.670. The molecule has 2 heterocycles. The fourth-order valence-corrected chi connectivity index (χ4v) is 2.56. The van der Waals surface area contributed by atoms with Crippen LogP contribution < -0.4 is 14.2 Å². The van der Waals surface area contributed by atoms with E-state index < -0.39 is 11.0 Å². The lowest BCUT2D eigenvalue weighted by Crippen LogP contribution is -2.35. The van der Waals surface area contributed by atoms with Crippen LogP contribution in [0, 0.1) is 0 Å². The maximum Gasteiger partial charge on any atom is 0.230 e. The van der Waals surface area contributed by atoms with Crippen LogP contribution in [0.5, 0.6) is 17.2 Å². The lowest BCUT2D eigenvalue weighted by molar-refractivity contribution is 0.0795. The van der Waals surface area contributed by atoms with Crippen LogP contribution in [0.3, 0.4) is 0 Å². The van der Waals surface area contributed by atoms with Crippen LogP contribution >= 0.6 is 11.6 Å². The minimum Gasteiger partial charge on any atom is -0.495 e. The summed E-state index contributed by atoms with van der Waals surface area (Å²) >= 11 is 6.12. The number of methoxy groups -OCH3 is 2. The minimum atomic E-state index is -0.842. The Hall–Kier alpha value is -2.18. The topological polar surface area (TPSA) is 74.0 Å². The number of aromatic nitrogens is 1. The van der Waals surface area contributed by atoms with Gasteiger partial charge in [-0.25, -0.2) is 4.98 Å². The number of nitrogens with zero attached hydrogens (tertiary/aromatic N) is 1. The van der Waals surface area contributed by atoms with E-state index in [9.17, 15) is 5.11 Å². The number of hydrogen-bond donors (Lipinski definition) is 1. The molecular formula is C18H20ClNO5. The summed E-state index contributed by atoms with van der Waals surface area (Å²) in [5.74, 6) is 1.60. The molecular weight excluding hydrogens is 346 g/mol. The number of aliphatic hydroxyl groups excluding tert-OH is 1. The zero-order chi connectivity index (χ0) is 18.2. The van der Waals surface area contributed by atoms with Crippen LogP contribution in [-0.4, -0.2) is 41.9 Å². The Kier molecular flexibility index (Phi) is 4.67. The summed E-state index contributed by atoms with van der Waals surface area (Å²) in [6, 6.07) is 5.32. The van der Waals surface area contributed by atoms with Crippen molar-refractivity contribution in [1.29, 1.82) is 0 Å². The largest absolute Gasteiger partial charge is 0.495 e. The summed E-state index contributed by atoms with van der Waals surface area (Å²) < 4.78 is 22.1. The van der Waals surface area contributed by atoms with Crippen LogP contribution in [0.1, 0.15) is 13.8 Å². The van der Waals surface area contributed by atoms with Crippen LogP contribution in [0.2, 0.25) is 0 Å². The molecule has 0 aliphatic rings. The molecule has 0 saturated carbocycles. The van der Waals surface area contributed by atoms with E-state index in [1.807, 2.05) is 0 Å². The molecule has 0 radical (unpaired) electrons. The standard InChI is InChI=1S/C18H20ClNO5/c1-18(2,19)15(21)9-25-14-7-11-12(8-13(14)22-3)20-17-10(5-6-24-17)16(11)23-4/h5-8,15,21H,9H2,1-4H3. The molecule has 0 bridgehead atoms. The molecule has 0 spiro atoms. The van der Waals surface area contributed by atoms with Gasteiger partial charge >= 0.3 is 0 Å². The number of hydrogen-bond acceptors (Lipinski definition) is 6. The number of halogens is 1. The second-order valence-corrected chi connectivity index (χ2v) is 7.17. The van der Waals surface area contributed by atoms with E-state index in [-0.39, 0.29) is 6.61 Å². The predicted octanol–water partition coefficient (Wildman–Crippen LogP) is 3.76. The Labute approximate surface area is 150 Å². The van der Waals surface area contributed by atoms with Gasteiger partial charge < -0.3 is 23.7 Å². The number of ether oxygens (including phenoxy) is 3. The second kappa shape index (κ2) is 6.61. The molecule has 1 unspecified atom stereocenters. The summed E-state index contributed by atoms with van der Waals surface area (Å²) in [5.41, 5.74) is 1.14. The first-order valence-electron chi connectivity index (χ1n) is 7.78. The van der Waals surface area contributed by atoms with Crippen molar-refractivity contribution >= 4 is 33.6 Å². The number of fused-ring (bicyclic) bond motifs is 2. The van der Waals surface area contributed by atoms with Crippen molar-refractivity contribution in [2.45, 2.75) is 24.8 Å². The van der Waals surface area contributed by atoms with Crippen molar-refractivity contribution in [3.63, 3.8) is 0 Å². The lowest BCUT2D eigenvalue weighted by atomic mass is 10.1. The van der Waals surface area contributed by atoms with Gasteiger partial charge in [-0.1, -0.05) is 0 Å². The maximum absolute atomic E-state index is 10.1. The number of aliphatic hydroxyl groups is 1. The van der Waals surface area contributed by atoms with Crippen molar-refractivity contribution in [1.82, 2.24) is 4.98 Å².